The summed E-state index contributed by atoms with van der Waals surface area (Å²) in [5.41, 5.74) is 0. The largest absolute Gasteiger partial charge is 0.481 e. The van der Waals surface area contributed by atoms with Gasteiger partial charge < -0.3 is 19.9 Å². The lowest BCUT2D eigenvalue weighted by molar-refractivity contribution is -0.141. The molecule has 0 radical (unpaired) electrons. The number of carboxylic acid groups (broad SMARTS) is 1. The fourth-order valence-electron chi connectivity index (χ4n) is 2.90. The maximum atomic E-state index is 12.1. The number of carboxylic acids is 1. The van der Waals surface area contributed by atoms with Crippen molar-refractivity contribution in [1.29, 1.82) is 0 Å². The first-order valence-electron chi connectivity index (χ1n) is 8.64. The molecule has 2 N–H and O–H groups in total. The van der Waals surface area contributed by atoms with Crippen molar-refractivity contribution in [2.45, 2.75) is 44.8 Å². The Labute approximate surface area is 152 Å². The molecule has 1 atom stereocenters. The van der Waals surface area contributed by atoms with E-state index < -0.39 is 11.9 Å². The van der Waals surface area contributed by atoms with Crippen molar-refractivity contribution >= 4 is 23.8 Å². The summed E-state index contributed by atoms with van der Waals surface area (Å²) in [5.74, 6) is 0.187. The van der Waals surface area contributed by atoms with E-state index in [1.807, 2.05) is 6.26 Å². The van der Waals surface area contributed by atoms with Crippen molar-refractivity contribution in [2.75, 3.05) is 25.9 Å². The lowest BCUT2D eigenvalue weighted by Gasteiger charge is -2.16. The molecular formula is C16H27N5O3S. The molecule has 0 aliphatic carbocycles. The van der Waals surface area contributed by atoms with Crippen molar-refractivity contribution in [2.24, 2.45) is 11.8 Å². The number of aryl methyl sites for hydroxylation is 1. The quantitative estimate of drug-likeness (QED) is 0.534. The molecule has 2 amide bonds. The Hall–Kier alpha value is -1.77. The predicted molar refractivity (Wildman–Crippen MR) is 95.7 cm³/mol. The van der Waals surface area contributed by atoms with Crippen LogP contribution in [-0.2, 0) is 17.8 Å². The molecule has 1 aliphatic rings. The van der Waals surface area contributed by atoms with Gasteiger partial charge in [0.05, 0.1) is 5.92 Å². The maximum Gasteiger partial charge on any atom is 0.317 e. The molecule has 9 heteroatoms. The van der Waals surface area contributed by atoms with Crippen LogP contribution in [0, 0.1) is 11.8 Å². The Morgan fingerprint density at radius 1 is 1.40 bits per heavy atom. The van der Waals surface area contributed by atoms with Crippen molar-refractivity contribution in [3.8, 4) is 0 Å². The second-order valence-electron chi connectivity index (χ2n) is 6.71. The fourth-order valence-corrected chi connectivity index (χ4v) is 3.43. The molecule has 1 aromatic rings. The fraction of sp³-hybridized carbons (Fsp3) is 0.750. The number of likely N-dealkylation sites (tertiary alicyclic amines) is 1. The Morgan fingerprint density at radius 3 is 2.76 bits per heavy atom. The summed E-state index contributed by atoms with van der Waals surface area (Å²) in [4.78, 5) is 24.6. The minimum Gasteiger partial charge on any atom is -0.481 e. The molecule has 140 valence electrons. The van der Waals surface area contributed by atoms with Crippen molar-refractivity contribution in [3.05, 3.63) is 5.82 Å². The first kappa shape index (κ1) is 19.6. The zero-order chi connectivity index (χ0) is 18.4. The van der Waals surface area contributed by atoms with E-state index in [1.165, 1.54) is 0 Å². The molecule has 2 heterocycles. The molecule has 1 saturated heterocycles. The highest BCUT2D eigenvalue weighted by atomic mass is 32.2. The average molecular weight is 369 g/mol. The minimum absolute atomic E-state index is 0.183. The van der Waals surface area contributed by atoms with Crippen LogP contribution in [0.4, 0.5) is 4.79 Å². The van der Waals surface area contributed by atoms with Crippen LogP contribution in [0.2, 0.25) is 0 Å². The third kappa shape index (κ3) is 5.35. The molecule has 1 aliphatic heterocycles. The van der Waals surface area contributed by atoms with E-state index in [4.69, 9.17) is 5.11 Å². The van der Waals surface area contributed by atoms with E-state index in [0.29, 0.717) is 32.0 Å². The summed E-state index contributed by atoms with van der Waals surface area (Å²) in [7, 11) is 0. The zero-order valence-corrected chi connectivity index (χ0v) is 15.9. The summed E-state index contributed by atoms with van der Waals surface area (Å²) in [6.45, 7) is 6.54. The molecule has 0 saturated carbocycles. The Morgan fingerprint density at radius 2 is 2.16 bits per heavy atom. The third-order valence-electron chi connectivity index (χ3n) is 4.20. The van der Waals surface area contributed by atoms with Crippen LogP contribution in [0.3, 0.4) is 0 Å². The van der Waals surface area contributed by atoms with E-state index in [9.17, 15) is 9.59 Å². The van der Waals surface area contributed by atoms with E-state index >= 15 is 0 Å². The zero-order valence-electron chi connectivity index (χ0n) is 15.1. The Bertz CT molecular complexity index is 605. The van der Waals surface area contributed by atoms with Crippen LogP contribution in [0.5, 0.6) is 0 Å². The number of rotatable bonds is 8. The van der Waals surface area contributed by atoms with Crippen molar-refractivity contribution < 1.29 is 14.7 Å². The van der Waals surface area contributed by atoms with E-state index in [-0.39, 0.29) is 6.03 Å². The van der Waals surface area contributed by atoms with Gasteiger partial charge in [-0.15, -0.1) is 10.2 Å². The summed E-state index contributed by atoms with van der Waals surface area (Å²) < 4.78 is 2.15. The smallest absolute Gasteiger partial charge is 0.317 e. The number of hydrogen-bond donors (Lipinski definition) is 2. The van der Waals surface area contributed by atoms with Gasteiger partial charge in [0.15, 0.2) is 5.16 Å². The monoisotopic (exact) mass is 369 g/mol. The van der Waals surface area contributed by atoms with Gasteiger partial charge in [0, 0.05) is 32.6 Å². The number of aromatic nitrogens is 3. The van der Waals surface area contributed by atoms with Crippen LogP contribution in [0.1, 0.15) is 32.5 Å². The second kappa shape index (κ2) is 9.07. The summed E-state index contributed by atoms with van der Waals surface area (Å²) in [6.07, 6.45) is 4.04. The van der Waals surface area contributed by atoms with Crippen LogP contribution in [-0.4, -0.2) is 62.7 Å². The van der Waals surface area contributed by atoms with Crippen molar-refractivity contribution in [3.63, 3.8) is 0 Å². The van der Waals surface area contributed by atoms with Gasteiger partial charge >= 0.3 is 12.0 Å². The lowest BCUT2D eigenvalue weighted by atomic mass is 10.1. The molecule has 1 unspecified atom stereocenters. The van der Waals surface area contributed by atoms with Crippen LogP contribution in [0.25, 0.3) is 0 Å². The first-order valence-corrected chi connectivity index (χ1v) is 9.86. The number of nitrogens with one attached hydrogen (secondary N) is 1. The molecule has 1 fully saturated rings. The third-order valence-corrected chi connectivity index (χ3v) is 4.87. The minimum atomic E-state index is -0.829. The standard InChI is InChI=1S/C16H27N5O3S/c1-11(2)9-21-13(18-19-16(21)25-3)5-4-7-17-15(24)20-8-6-12(10-20)14(22)23/h11-12H,4-10H2,1-3H3,(H,17,24)(H,22,23). The number of thioether (sulfide) groups is 1. The highest BCUT2D eigenvalue weighted by Crippen LogP contribution is 2.17. The Balaban J connectivity index is 1.77. The van der Waals surface area contributed by atoms with Crippen LogP contribution >= 0.6 is 11.8 Å². The topological polar surface area (TPSA) is 100 Å². The number of urea groups is 1. The number of carbonyl (C=O) groups is 2. The van der Waals surface area contributed by atoms with Crippen LogP contribution in [0.15, 0.2) is 5.16 Å². The number of carbonyl (C=O) groups excluding carboxylic acids is 1. The van der Waals surface area contributed by atoms with Gasteiger partial charge in [-0.1, -0.05) is 25.6 Å². The molecular weight excluding hydrogens is 342 g/mol. The van der Waals surface area contributed by atoms with Crippen LogP contribution < -0.4 is 5.32 Å². The molecule has 0 spiro atoms. The number of nitrogens with zero attached hydrogens (tertiary/aromatic N) is 4. The highest BCUT2D eigenvalue weighted by molar-refractivity contribution is 7.98. The average Bonchev–Trinajstić information content (AvgIpc) is 3.18. The van der Waals surface area contributed by atoms with Gasteiger partial charge in [0.25, 0.3) is 0 Å². The Kier molecular flexibility index (Phi) is 7.10. The normalized spacial score (nSPS) is 17.3. The molecule has 2 rings (SSSR count). The lowest BCUT2D eigenvalue weighted by Crippen LogP contribution is -2.39. The number of aliphatic carboxylic acids is 1. The molecule has 8 nitrogen and oxygen atoms in total. The molecule has 25 heavy (non-hydrogen) atoms. The number of hydrogen-bond acceptors (Lipinski definition) is 5. The van der Waals surface area contributed by atoms with E-state index in [1.54, 1.807) is 16.7 Å². The molecule has 0 aromatic carbocycles. The van der Waals surface area contributed by atoms with Gasteiger partial charge in [0.1, 0.15) is 5.82 Å². The highest BCUT2D eigenvalue weighted by Gasteiger charge is 2.30. The number of amides is 2. The van der Waals surface area contributed by atoms with E-state index in [2.05, 4.69) is 33.9 Å². The second-order valence-corrected chi connectivity index (χ2v) is 7.49. The summed E-state index contributed by atoms with van der Waals surface area (Å²) >= 11 is 1.59. The maximum absolute atomic E-state index is 12.1. The van der Waals surface area contributed by atoms with E-state index in [0.717, 1.165) is 30.4 Å². The van der Waals surface area contributed by atoms with Crippen molar-refractivity contribution in [1.82, 2.24) is 25.0 Å². The summed E-state index contributed by atoms with van der Waals surface area (Å²) in [5, 5.41) is 21.3. The molecule has 0 bridgehead atoms. The first-order chi connectivity index (χ1) is 11.9. The molecule has 1 aromatic heterocycles. The van der Waals surface area contributed by atoms with Gasteiger partial charge in [-0.2, -0.15) is 0 Å². The predicted octanol–water partition coefficient (Wildman–Crippen LogP) is 1.70. The van der Waals surface area contributed by atoms with Gasteiger partial charge in [-0.3, -0.25) is 4.79 Å². The SMILES string of the molecule is CSc1nnc(CCCNC(=O)N2CCC(C(=O)O)C2)n1CC(C)C. The van der Waals surface area contributed by atoms with Gasteiger partial charge in [-0.25, -0.2) is 4.79 Å². The summed E-state index contributed by atoms with van der Waals surface area (Å²) in [6, 6.07) is -0.183. The van der Waals surface area contributed by atoms with Gasteiger partial charge in [-0.05, 0) is 25.0 Å². The van der Waals surface area contributed by atoms with Gasteiger partial charge in [0.2, 0.25) is 0 Å².